The predicted molar refractivity (Wildman–Crippen MR) is 153 cm³/mol. The molecule has 1 aliphatic rings. The number of rotatable bonds is 16. The Morgan fingerprint density at radius 2 is 1.28 bits per heavy atom. The highest BCUT2D eigenvalue weighted by molar-refractivity contribution is 5.91. The van der Waals surface area contributed by atoms with Crippen molar-refractivity contribution in [3.63, 3.8) is 0 Å². The Labute approximate surface area is 221 Å². The number of hydrogen-bond donors (Lipinski definition) is 0. The van der Waals surface area contributed by atoms with E-state index in [1.807, 2.05) is 24.3 Å². The molecule has 0 bridgehead atoms. The van der Waals surface area contributed by atoms with Crippen LogP contribution in [-0.2, 0) is 11.8 Å². The maximum Gasteiger partial charge on any atom is 0.343 e. The van der Waals surface area contributed by atoms with Gasteiger partial charge in [0.2, 0.25) is 0 Å². The van der Waals surface area contributed by atoms with E-state index >= 15 is 0 Å². The van der Waals surface area contributed by atoms with Crippen molar-refractivity contribution in [1.29, 1.82) is 0 Å². The molecule has 0 radical (unpaired) electrons. The fourth-order valence-corrected chi connectivity index (χ4v) is 5.94. The Bertz CT molecular complexity index is 859. The van der Waals surface area contributed by atoms with Crippen molar-refractivity contribution in [2.24, 2.45) is 0 Å². The van der Waals surface area contributed by atoms with Crippen LogP contribution in [0.25, 0.3) is 0 Å². The van der Waals surface area contributed by atoms with E-state index in [9.17, 15) is 4.79 Å². The Kier molecular flexibility index (Phi) is 12.6. The molecule has 0 N–H and O–H groups in total. The van der Waals surface area contributed by atoms with Gasteiger partial charge in [0, 0.05) is 0 Å². The first-order valence-corrected chi connectivity index (χ1v) is 15.1. The molecule has 0 unspecified atom stereocenters. The number of ether oxygens (including phenoxy) is 1. The molecular formula is C34H50O2. The fourth-order valence-electron chi connectivity index (χ4n) is 5.94. The topological polar surface area (TPSA) is 26.3 Å². The van der Waals surface area contributed by atoms with E-state index in [-0.39, 0.29) is 5.97 Å². The zero-order chi connectivity index (χ0) is 25.5. The summed E-state index contributed by atoms with van der Waals surface area (Å²) in [5.41, 5.74) is 3.69. The van der Waals surface area contributed by atoms with Gasteiger partial charge in [0.25, 0.3) is 0 Å². The number of esters is 1. The molecule has 1 aliphatic carbocycles. The van der Waals surface area contributed by atoms with Gasteiger partial charge in [0.1, 0.15) is 5.75 Å². The number of carbonyl (C=O) groups is 1. The first kappa shape index (κ1) is 28.5. The monoisotopic (exact) mass is 490 g/mol. The minimum absolute atomic E-state index is 0.267. The lowest BCUT2D eigenvalue weighted by Gasteiger charge is -2.38. The molecule has 0 spiro atoms. The summed E-state index contributed by atoms with van der Waals surface area (Å²) < 4.78 is 5.74. The molecule has 3 rings (SSSR count). The summed E-state index contributed by atoms with van der Waals surface area (Å²) in [6, 6.07) is 16.5. The first-order chi connectivity index (χ1) is 17.7. The van der Waals surface area contributed by atoms with Gasteiger partial charge in [-0.2, -0.15) is 0 Å². The molecule has 198 valence electrons. The third kappa shape index (κ3) is 9.09. The largest absolute Gasteiger partial charge is 0.423 e. The van der Waals surface area contributed by atoms with Gasteiger partial charge in [-0.1, -0.05) is 122 Å². The van der Waals surface area contributed by atoms with Crippen molar-refractivity contribution < 1.29 is 9.53 Å². The highest BCUT2D eigenvalue weighted by atomic mass is 16.5. The predicted octanol–water partition coefficient (Wildman–Crippen LogP) is 10.4. The molecule has 2 nitrogen and oxygen atoms in total. The van der Waals surface area contributed by atoms with Crippen molar-refractivity contribution in [2.45, 2.75) is 135 Å². The van der Waals surface area contributed by atoms with Gasteiger partial charge in [-0.25, -0.2) is 4.79 Å². The molecule has 0 atom stereocenters. The average molecular weight is 491 g/mol. The van der Waals surface area contributed by atoms with Crippen molar-refractivity contribution in [3.05, 3.63) is 65.2 Å². The molecule has 0 aromatic heterocycles. The molecule has 1 fully saturated rings. The van der Waals surface area contributed by atoms with Gasteiger partial charge < -0.3 is 4.74 Å². The Balaban J connectivity index is 1.52. The standard InChI is InChI=1S/C34H50O2/c1-3-5-7-9-11-14-26-34(27-15-12-16-28-34)31-22-24-32(25-23-31)36-33(35)30-20-18-29(19-21-30)17-13-10-8-6-4-2/h18-25H,3-17,26-28H2,1-2H3. The van der Waals surface area contributed by atoms with Crippen LogP contribution in [0.1, 0.15) is 144 Å². The van der Waals surface area contributed by atoms with E-state index in [0.717, 1.165) is 6.42 Å². The van der Waals surface area contributed by atoms with Crippen LogP contribution < -0.4 is 4.74 Å². The van der Waals surface area contributed by atoms with Crippen molar-refractivity contribution in [1.82, 2.24) is 0 Å². The lowest BCUT2D eigenvalue weighted by Crippen LogP contribution is -2.29. The van der Waals surface area contributed by atoms with Crippen LogP contribution in [0.15, 0.2) is 48.5 Å². The normalized spacial score (nSPS) is 15.1. The van der Waals surface area contributed by atoms with E-state index < -0.39 is 0 Å². The molecule has 2 aromatic rings. The fraction of sp³-hybridized carbons (Fsp3) is 0.618. The number of unbranched alkanes of at least 4 members (excludes halogenated alkanes) is 9. The lowest BCUT2D eigenvalue weighted by molar-refractivity contribution is 0.0734. The van der Waals surface area contributed by atoms with Crippen LogP contribution in [0, 0.1) is 0 Å². The van der Waals surface area contributed by atoms with E-state index in [1.165, 1.54) is 120 Å². The molecule has 1 saturated carbocycles. The van der Waals surface area contributed by atoms with E-state index in [1.54, 1.807) is 0 Å². The second kappa shape index (κ2) is 15.9. The van der Waals surface area contributed by atoms with Gasteiger partial charge >= 0.3 is 5.97 Å². The van der Waals surface area contributed by atoms with E-state index in [0.29, 0.717) is 16.7 Å². The molecule has 0 heterocycles. The number of hydrogen-bond acceptors (Lipinski definition) is 2. The van der Waals surface area contributed by atoms with E-state index in [4.69, 9.17) is 4.74 Å². The van der Waals surface area contributed by atoms with Gasteiger partial charge in [0.05, 0.1) is 5.56 Å². The third-order valence-corrected chi connectivity index (χ3v) is 8.26. The minimum atomic E-state index is -0.267. The van der Waals surface area contributed by atoms with Crippen LogP contribution in [0.5, 0.6) is 5.75 Å². The van der Waals surface area contributed by atoms with E-state index in [2.05, 4.69) is 38.1 Å². The molecule has 0 saturated heterocycles. The van der Waals surface area contributed by atoms with Crippen molar-refractivity contribution in [3.8, 4) is 5.75 Å². The van der Waals surface area contributed by atoms with Crippen LogP contribution in [0.3, 0.4) is 0 Å². The molecule has 0 amide bonds. The third-order valence-electron chi connectivity index (χ3n) is 8.26. The van der Waals surface area contributed by atoms with Crippen molar-refractivity contribution in [2.75, 3.05) is 0 Å². The maximum absolute atomic E-state index is 12.7. The number of benzene rings is 2. The second-order valence-corrected chi connectivity index (χ2v) is 11.1. The molecule has 2 aromatic carbocycles. The second-order valence-electron chi connectivity index (χ2n) is 11.1. The summed E-state index contributed by atoms with van der Waals surface area (Å²) in [7, 11) is 0. The van der Waals surface area contributed by atoms with Gasteiger partial charge in [-0.05, 0) is 72.9 Å². The zero-order valence-electron chi connectivity index (χ0n) is 23.2. The summed E-state index contributed by atoms with van der Waals surface area (Å²) >= 11 is 0. The summed E-state index contributed by atoms with van der Waals surface area (Å²) in [5.74, 6) is 0.381. The van der Waals surface area contributed by atoms with Crippen LogP contribution in [0.4, 0.5) is 0 Å². The Morgan fingerprint density at radius 1 is 0.694 bits per heavy atom. The SMILES string of the molecule is CCCCCCCCC1(c2ccc(OC(=O)c3ccc(CCCCCCC)cc3)cc2)CCCCC1. The number of carbonyl (C=O) groups excluding carboxylic acids is 1. The molecule has 36 heavy (non-hydrogen) atoms. The molecular weight excluding hydrogens is 440 g/mol. The zero-order valence-corrected chi connectivity index (χ0v) is 23.2. The van der Waals surface area contributed by atoms with Gasteiger partial charge in [-0.15, -0.1) is 0 Å². The average Bonchev–Trinajstić information content (AvgIpc) is 2.92. The summed E-state index contributed by atoms with van der Waals surface area (Å²) in [5, 5.41) is 0. The van der Waals surface area contributed by atoms with Gasteiger partial charge in [0.15, 0.2) is 0 Å². The molecule has 0 aliphatic heterocycles. The highest BCUT2D eigenvalue weighted by Gasteiger charge is 2.33. The summed E-state index contributed by atoms with van der Waals surface area (Å²) in [6.45, 7) is 4.53. The van der Waals surface area contributed by atoms with Crippen LogP contribution in [-0.4, -0.2) is 5.97 Å². The first-order valence-electron chi connectivity index (χ1n) is 15.1. The quantitative estimate of drug-likeness (QED) is 0.133. The van der Waals surface area contributed by atoms with Crippen molar-refractivity contribution >= 4 is 5.97 Å². The van der Waals surface area contributed by atoms with Gasteiger partial charge in [-0.3, -0.25) is 0 Å². The number of aryl methyl sites for hydroxylation is 1. The smallest absolute Gasteiger partial charge is 0.343 e. The Hall–Kier alpha value is -2.09. The lowest BCUT2D eigenvalue weighted by atomic mass is 9.66. The van der Waals surface area contributed by atoms with Crippen LogP contribution in [0.2, 0.25) is 0 Å². The Morgan fingerprint density at radius 3 is 1.92 bits per heavy atom. The van der Waals surface area contributed by atoms with Crippen LogP contribution >= 0.6 is 0 Å². The maximum atomic E-state index is 12.7. The molecule has 2 heteroatoms. The highest BCUT2D eigenvalue weighted by Crippen LogP contribution is 2.44. The summed E-state index contributed by atoms with van der Waals surface area (Å²) in [6.07, 6.45) is 23.6. The minimum Gasteiger partial charge on any atom is -0.423 e. The summed E-state index contributed by atoms with van der Waals surface area (Å²) in [4.78, 5) is 12.7.